The van der Waals surface area contributed by atoms with Gasteiger partial charge < -0.3 is 0 Å². The van der Waals surface area contributed by atoms with Crippen LogP contribution in [-0.4, -0.2) is 18.4 Å². The molecule has 0 amide bonds. The molecule has 0 unspecified atom stereocenters. The molecule has 0 aliphatic heterocycles. The molecule has 4 nitrogen and oxygen atoms in total. The zero-order valence-corrected chi connectivity index (χ0v) is 8.43. The van der Waals surface area contributed by atoms with Crippen molar-refractivity contribution >= 4 is 11.8 Å². The van der Waals surface area contributed by atoms with Crippen LogP contribution in [0.4, 0.5) is 0 Å². The molecule has 0 heterocycles. The summed E-state index contributed by atoms with van der Waals surface area (Å²) < 4.78 is 0. The highest BCUT2D eigenvalue weighted by molar-refractivity contribution is 5.82. The molecule has 0 spiro atoms. The van der Waals surface area contributed by atoms with Crippen LogP contribution in [0.2, 0.25) is 0 Å². The van der Waals surface area contributed by atoms with Gasteiger partial charge in [-0.25, -0.2) is 4.79 Å². The van der Waals surface area contributed by atoms with E-state index in [-0.39, 0.29) is 18.8 Å². The maximum Gasteiger partial charge on any atom is 0.339 e. The number of carbonyl (C=O) groups excluding carboxylic acids is 2. The van der Waals surface area contributed by atoms with Crippen molar-refractivity contribution in [2.24, 2.45) is 0 Å². The lowest BCUT2D eigenvalue weighted by Gasteiger charge is -2.01. The summed E-state index contributed by atoms with van der Waals surface area (Å²) in [6.07, 6.45) is 0.280. The fraction of sp³-hybridized carbons (Fsp3) is 0.273. The zero-order chi connectivity index (χ0) is 11.1. The summed E-state index contributed by atoms with van der Waals surface area (Å²) in [5.74, 6) is -0.704. The van der Waals surface area contributed by atoms with Crippen molar-refractivity contribution in [3.05, 3.63) is 35.9 Å². The summed E-state index contributed by atoms with van der Waals surface area (Å²) in [6, 6.07) is 9.29. The minimum atomic E-state index is -0.567. The monoisotopic (exact) mass is 208 g/mol. The van der Waals surface area contributed by atoms with E-state index in [4.69, 9.17) is 0 Å². The summed E-state index contributed by atoms with van der Waals surface area (Å²) >= 11 is 0. The van der Waals surface area contributed by atoms with Gasteiger partial charge in [0.25, 0.3) is 0 Å². The standard InChI is InChI=1S/C11H12O4/c1-9(12)15-14-8-11(13)7-10-5-3-2-4-6-10/h2-6H,7-8H2,1H3. The van der Waals surface area contributed by atoms with Crippen LogP contribution in [0.15, 0.2) is 30.3 Å². The molecule has 0 aromatic heterocycles. The first kappa shape index (κ1) is 11.4. The van der Waals surface area contributed by atoms with Crippen LogP contribution >= 0.6 is 0 Å². The van der Waals surface area contributed by atoms with E-state index in [1.54, 1.807) is 0 Å². The van der Waals surface area contributed by atoms with Gasteiger partial charge in [-0.3, -0.25) is 9.68 Å². The molecule has 1 rings (SSSR count). The molecule has 0 atom stereocenters. The molecule has 0 bridgehead atoms. The molecule has 0 radical (unpaired) electrons. The van der Waals surface area contributed by atoms with Crippen molar-refractivity contribution in [1.29, 1.82) is 0 Å². The predicted octanol–water partition coefficient (Wildman–Crippen LogP) is 1.29. The van der Waals surface area contributed by atoms with Gasteiger partial charge in [-0.15, -0.1) is 0 Å². The minimum absolute atomic E-state index is 0.137. The molecule has 4 heteroatoms. The van der Waals surface area contributed by atoms with E-state index in [0.29, 0.717) is 0 Å². The van der Waals surface area contributed by atoms with Gasteiger partial charge >= 0.3 is 5.97 Å². The number of rotatable bonds is 5. The summed E-state index contributed by atoms with van der Waals surface area (Å²) in [5.41, 5.74) is 0.911. The lowest BCUT2D eigenvalue weighted by Crippen LogP contribution is -2.13. The second-order valence-electron chi connectivity index (χ2n) is 3.04. The van der Waals surface area contributed by atoms with Gasteiger partial charge in [0.1, 0.15) is 0 Å². The number of ketones is 1. The van der Waals surface area contributed by atoms with Crippen LogP contribution in [0, 0.1) is 0 Å². The summed E-state index contributed by atoms with van der Waals surface area (Å²) in [7, 11) is 0. The van der Waals surface area contributed by atoms with Crippen molar-refractivity contribution in [3.8, 4) is 0 Å². The zero-order valence-electron chi connectivity index (χ0n) is 8.43. The van der Waals surface area contributed by atoms with Gasteiger partial charge in [0.05, 0.1) is 0 Å². The van der Waals surface area contributed by atoms with Crippen LogP contribution in [-0.2, 0) is 25.8 Å². The maximum atomic E-state index is 11.3. The third-order valence-corrected chi connectivity index (χ3v) is 1.64. The van der Waals surface area contributed by atoms with Gasteiger partial charge in [-0.1, -0.05) is 30.3 Å². The number of benzene rings is 1. The number of hydrogen-bond donors (Lipinski definition) is 0. The number of Topliss-reactive ketones (excluding diaryl/α,β-unsaturated/α-hetero) is 1. The fourth-order valence-electron chi connectivity index (χ4n) is 1.05. The molecule has 0 N–H and O–H groups in total. The van der Waals surface area contributed by atoms with E-state index >= 15 is 0 Å². The summed E-state index contributed by atoms with van der Waals surface area (Å²) in [5, 5.41) is 0. The third-order valence-electron chi connectivity index (χ3n) is 1.64. The average Bonchev–Trinajstić information content (AvgIpc) is 2.18. The highest BCUT2D eigenvalue weighted by Gasteiger charge is 2.05. The third kappa shape index (κ3) is 4.93. The van der Waals surface area contributed by atoms with Gasteiger partial charge in [-0.2, -0.15) is 4.89 Å². The van der Waals surface area contributed by atoms with Gasteiger partial charge in [0.15, 0.2) is 12.4 Å². The quantitative estimate of drug-likeness (QED) is 0.540. The van der Waals surface area contributed by atoms with E-state index in [1.165, 1.54) is 6.92 Å². The van der Waals surface area contributed by atoms with E-state index < -0.39 is 5.97 Å². The van der Waals surface area contributed by atoms with Crippen molar-refractivity contribution in [3.63, 3.8) is 0 Å². The molecular weight excluding hydrogens is 196 g/mol. The van der Waals surface area contributed by atoms with Gasteiger partial charge in [-0.05, 0) is 5.56 Å². The van der Waals surface area contributed by atoms with E-state index in [9.17, 15) is 9.59 Å². The Morgan fingerprint density at radius 2 is 1.87 bits per heavy atom. The molecule has 1 aromatic carbocycles. The molecule has 0 saturated carbocycles. The van der Waals surface area contributed by atoms with Gasteiger partial charge in [0.2, 0.25) is 0 Å². The molecule has 0 saturated heterocycles. The van der Waals surface area contributed by atoms with E-state index in [1.807, 2.05) is 30.3 Å². The number of carbonyl (C=O) groups is 2. The Bertz CT molecular complexity index is 332. The largest absolute Gasteiger partial charge is 0.339 e. The highest BCUT2D eigenvalue weighted by atomic mass is 17.2. The summed E-state index contributed by atoms with van der Waals surface area (Å²) in [6.45, 7) is 0.996. The van der Waals surface area contributed by atoms with Gasteiger partial charge in [0, 0.05) is 13.3 Å². The smallest absolute Gasteiger partial charge is 0.298 e. The van der Waals surface area contributed by atoms with Crippen LogP contribution < -0.4 is 0 Å². The van der Waals surface area contributed by atoms with Crippen LogP contribution in [0.25, 0.3) is 0 Å². The summed E-state index contributed by atoms with van der Waals surface area (Å²) in [4.78, 5) is 30.2. The first-order chi connectivity index (χ1) is 7.18. The van der Waals surface area contributed by atoms with E-state index in [2.05, 4.69) is 9.78 Å². The Morgan fingerprint density at radius 1 is 1.20 bits per heavy atom. The molecule has 1 aromatic rings. The lowest BCUT2D eigenvalue weighted by molar-refractivity contribution is -0.265. The van der Waals surface area contributed by atoms with Crippen molar-refractivity contribution < 1.29 is 19.4 Å². The molecule has 0 fully saturated rings. The molecule has 80 valence electrons. The SMILES string of the molecule is CC(=O)OOCC(=O)Cc1ccccc1. The van der Waals surface area contributed by atoms with Crippen molar-refractivity contribution in [1.82, 2.24) is 0 Å². The lowest BCUT2D eigenvalue weighted by atomic mass is 10.1. The second kappa shape index (κ2) is 5.93. The van der Waals surface area contributed by atoms with E-state index in [0.717, 1.165) is 5.56 Å². The van der Waals surface area contributed by atoms with Crippen molar-refractivity contribution in [2.75, 3.05) is 6.61 Å². The Balaban J connectivity index is 2.28. The Labute approximate surface area is 87.7 Å². The van der Waals surface area contributed by atoms with Crippen LogP contribution in [0.3, 0.4) is 0 Å². The molecule has 15 heavy (non-hydrogen) atoms. The average molecular weight is 208 g/mol. The Morgan fingerprint density at radius 3 is 2.47 bits per heavy atom. The van der Waals surface area contributed by atoms with Crippen LogP contribution in [0.5, 0.6) is 0 Å². The normalized spacial score (nSPS) is 9.67. The predicted molar refractivity (Wildman–Crippen MR) is 52.9 cm³/mol. The molecule has 0 aliphatic rings. The van der Waals surface area contributed by atoms with Crippen molar-refractivity contribution in [2.45, 2.75) is 13.3 Å². The number of hydrogen-bond acceptors (Lipinski definition) is 4. The topological polar surface area (TPSA) is 52.6 Å². The second-order valence-corrected chi connectivity index (χ2v) is 3.04. The Hall–Kier alpha value is -1.68. The fourth-order valence-corrected chi connectivity index (χ4v) is 1.05. The first-order valence-corrected chi connectivity index (χ1v) is 4.54. The minimum Gasteiger partial charge on any atom is -0.298 e. The maximum absolute atomic E-state index is 11.3. The molecular formula is C11H12O4. The molecule has 0 aliphatic carbocycles. The first-order valence-electron chi connectivity index (χ1n) is 4.54. The van der Waals surface area contributed by atoms with Crippen LogP contribution in [0.1, 0.15) is 12.5 Å². The highest BCUT2D eigenvalue weighted by Crippen LogP contribution is 2.00. The Kier molecular flexibility index (Phi) is 4.50.